The van der Waals surface area contributed by atoms with E-state index in [-0.39, 0.29) is 20.4 Å². The van der Waals surface area contributed by atoms with Crippen molar-refractivity contribution in [2.24, 2.45) is 0 Å². The van der Waals surface area contributed by atoms with Crippen molar-refractivity contribution < 1.29 is 22.2 Å². The molecule has 21 heavy (non-hydrogen) atoms. The zero-order chi connectivity index (χ0) is 15.0. The van der Waals surface area contributed by atoms with Crippen molar-refractivity contribution in [1.29, 1.82) is 0 Å². The highest BCUT2D eigenvalue weighted by molar-refractivity contribution is 7.99. The second kappa shape index (κ2) is 5.16. The van der Waals surface area contributed by atoms with Gasteiger partial charge < -0.3 is 0 Å². The third kappa shape index (κ3) is 2.94. The number of hydrogen-bond acceptors (Lipinski definition) is 7. The fourth-order valence-corrected chi connectivity index (χ4v) is 2.73. The fraction of sp³-hybridized carbons (Fsp3) is 0.100. The molecule has 0 fully saturated rings. The first-order chi connectivity index (χ1) is 9.93. The van der Waals surface area contributed by atoms with Gasteiger partial charge in [0.05, 0.1) is 22.3 Å². The number of halogens is 3. The van der Waals surface area contributed by atoms with E-state index in [2.05, 4.69) is 25.0 Å². The molecule has 2 N–H and O–H groups in total. The van der Waals surface area contributed by atoms with Gasteiger partial charge in [0.1, 0.15) is 4.91 Å². The van der Waals surface area contributed by atoms with E-state index in [0.717, 1.165) is 29.4 Å². The predicted octanol–water partition coefficient (Wildman–Crippen LogP) is 2.67. The SMILES string of the molecule is O=C(Nc1nc2ncc(C(F)(F)F)cc2s1)C1=CNOS1. The number of hydroxylamine groups is 1. The second-order valence-corrected chi connectivity index (χ2v) is 5.61. The topological polar surface area (TPSA) is 76.1 Å². The van der Waals surface area contributed by atoms with E-state index < -0.39 is 17.6 Å². The van der Waals surface area contributed by atoms with Crippen LogP contribution in [0.15, 0.2) is 23.4 Å². The lowest BCUT2D eigenvalue weighted by molar-refractivity contribution is -0.137. The highest BCUT2D eigenvalue weighted by Crippen LogP contribution is 2.33. The molecule has 110 valence electrons. The first-order valence-corrected chi connectivity index (χ1v) is 6.93. The Balaban J connectivity index is 1.85. The highest BCUT2D eigenvalue weighted by atomic mass is 32.2. The standard InChI is InChI=1S/C10H5F3N4O2S2/c11-10(12,13)4-1-5-7(14-2-4)16-9(20-5)17-8(18)6-3-15-19-21-6/h1-3,15H,(H,14,16,17,18). The van der Waals surface area contributed by atoms with Crippen LogP contribution in [0.25, 0.3) is 10.3 Å². The van der Waals surface area contributed by atoms with Gasteiger partial charge >= 0.3 is 6.18 Å². The molecule has 0 unspecified atom stereocenters. The van der Waals surface area contributed by atoms with E-state index in [9.17, 15) is 18.0 Å². The normalized spacial score (nSPS) is 14.9. The summed E-state index contributed by atoms with van der Waals surface area (Å²) in [5, 5.41) is 2.63. The van der Waals surface area contributed by atoms with Crippen LogP contribution < -0.4 is 10.8 Å². The van der Waals surface area contributed by atoms with Crippen LogP contribution in [-0.4, -0.2) is 15.9 Å². The molecule has 0 aromatic carbocycles. The third-order valence-electron chi connectivity index (χ3n) is 2.39. The molecule has 1 aliphatic rings. The van der Waals surface area contributed by atoms with Crippen LogP contribution in [0.1, 0.15) is 5.56 Å². The maximum Gasteiger partial charge on any atom is 0.417 e. The van der Waals surface area contributed by atoms with E-state index in [1.165, 1.54) is 6.20 Å². The minimum absolute atomic E-state index is 0.144. The largest absolute Gasteiger partial charge is 0.417 e. The maximum absolute atomic E-state index is 12.6. The number of pyridine rings is 1. The van der Waals surface area contributed by atoms with Crippen molar-refractivity contribution in [3.05, 3.63) is 28.9 Å². The Hall–Kier alpha value is -1.85. The molecule has 1 aliphatic heterocycles. The molecule has 0 aliphatic carbocycles. The summed E-state index contributed by atoms with van der Waals surface area (Å²) in [6.07, 6.45) is -2.41. The summed E-state index contributed by atoms with van der Waals surface area (Å²) in [6, 6.07) is 0.948. The molecule has 11 heteroatoms. The summed E-state index contributed by atoms with van der Waals surface area (Å²) >= 11 is 1.74. The number of aromatic nitrogens is 2. The lowest BCUT2D eigenvalue weighted by atomic mass is 10.3. The molecule has 2 aromatic rings. The second-order valence-electron chi connectivity index (χ2n) is 3.81. The van der Waals surface area contributed by atoms with Gasteiger partial charge in [-0.1, -0.05) is 11.3 Å². The van der Waals surface area contributed by atoms with Crippen LogP contribution >= 0.6 is 23.4 Å². The number of anilines is 1. The minimum atomic E-state index is -4.47. The van der Waals surface area contributed by atoms with Crippen LogP contribution in [-0.2, 0) is 15.3 Å². The minimum Gasteiger partial charge on any atom is -0.297 e. The zero-order valence-electron chi connectivity index (χ0n) is 9.89. The van der Waals surface area contributed by atoms with Crippen molar-refractivity contribution in [3.63, 3.8) is 0 Å². The quantitative estimate of drug-likeness (QED) is 0.823. The maximum atomic E-state index is 12.6. The van der Waals surface area contributed by atoms with Gasteiger partial charge in [0, 0.05) is 12.4 Å². The van der Waals surface area contributed by atoms with Gasteiger partial charge in [-0.25, -0.2) is 4.98 Å². The Kier molecular flexibility index (Phi) is 3.47. The average Bonchev–Trinajstić information content (AvgIpc) is 3.05. The number of nitrogens with one attached hydrogen (secondary N) is 2. The van der Waals surface area contributed by atoms with Crippen LogP contribution in [0.5, 0.6) is 0 Å². The summed E-state index contributed by atoms with van der Waals surface area (Å²) in [4.78, 5) is 19.6. The van der Waals surface area contributed by atoms with E-state index in [0.29, 0.717) is 6.20 Å². The van der Waals surface area contributed by atoms with Crippen LogP contribution in [0.2, 0.25) is 0 Å². The molecule has 0 bridgehead atoms. The summed E-state index contributed by atoms with van der Waals surface area (Å²) in [7, 11) is 0. The van der Waals surface area contributed by atoms with Crippen molar-refractivity contribution in [2.75, 3.05) is 5.32 Å². The number of alkyl halides is 3. The lowest BCUT2D eigenvalue weighted by Gasteiger charge is -2.04. The molecule has 3 rings (SSSR count). The van der Waals surface area contributed by atoms with Crippen LogP contribution in [0.3, 0.4) is 0 Å². The Bertz CT molecular complexity index is 743. The molecule has 0 saturated carbocycles. The van der Waals surface area contributed by atoms with Gasteiger partial charge in [0.15, 0.2) is 10.8 Å². The summed E-state index contributed by atoms with van der Waals surface area (Å²) in [5.74, 6) is -0.472. The number of nitrogens with zero attached hydrogens (tertiary/aromatic N) is 2. The molecule has 0 saturated heterocycles. The Labute approximate surface area is 123 Å². The average molecular weight is 334 g/mol. The number of carbonyl (C=O) groups excluding carboxylic acids is 1. The van der Waals surface area contributed by atoms with Gasteiger partial charge in [-0.05, 0) is 6.07 Å². The van der Waals surface area contributed by atoms with Gasteiger partial charge in [-0.2, -0.15) is 22.4 Å². The van der Waals surface area contributed by atoms with Gasteiger partial charge in [-0.3, -0.25) is 15.6 Å². The van der Waals surface area contributed by atoms with Crippen molar-refractivity contribution in [2.45, 2.75) is 6.18 Å². The first-order valence-electron chi connectivity index (χ1n) is 5.38. The van der Waals surface area contributed by atoms with E-state index in [1.54, 1.807) is 0 Å². The number of thiazole rings is 1. The fourth-order valence-electron chi connectivity index (χ4n) is 1.46. The molecular weight excluding hydrogens is 329 g/mol. The van der Waals surface area contributed by atoms with Gasteiger partial charge in [0.2, 0.25) is 0 Å². The summed E-state index contributed by atoms with van der Waals surface area (Å²) < 4.78 is 42.7. The van der Waals surface area contributed by atoms with E-state index >= 15 is 0 Å². The first kappa shape index (κ1) is 14.1. The van der Waals surface area contributed by atoms with Crippen molar-refractivity contribution >= 4 is 44.8 Å². The smallest absolute Gasteiger partial charge is 0.297 e. The number of rotatable bonds is 2. The molecule has 2 aromatic heterocycles. The zero-order valence-corrected chi connectivity index (χ0v) is 11.5. The number of carbonyl (C=O) groups is 1. The molecule has 1 amide bonds. The number of fused-ring (bicyclic) bond motifs is 1. The predicted molar refractivity (Wildman–Crippen MR) is 70.9 cm³/mol. The Morgan fingerprint density at radius 2 is 2.24 bits per heavy atom. The van der Waals surface area contributed by atoms with Crippen molar-refractivity contribution in [3.8, 4) is 0 Å². The Morgan fingerprint density at radius 1 is 1.43 bits per heavy atom. The number of amides is 1. The molecular formula is C10H5F3N4O2S2. The molecule has 0 radical (unpaired) electrons. The summed E-state index contributed by atoms with van der Waals surface area (Å²) in [5.41, 5.74) is 1.66. The monoisotopic (exact) mass is 334 g/mol. The molecule has 3 heterocycles. The van der Waals surface area contributed by atoms with Crippen LogP contribution in [0.4, 0.5) is 18.3 Å². The van der Waals surface area contributed by atoms with E-state index in [1.807, 2.05) is 0 Å². The molecule has 0 spiro atoms. The Morgan fingerprint density at radius 3 is 2.90 bits per heavy atom. The van der Waals surface area contributed by atoms with Crippen molar-refractivity contribution in [1.82, 2.24) is 15.4 Å². The van der Waals surface area contributed by atoms with Crippen LogP contribution in [0, 0.1) is 0 Å². The van der Waals surface area contributed by atoms with E-state index in [4.69, 9.17) is 0 Å². The lowest BCUT2D eigenvalue weighted by Crippen LogP contribution is -2.11. The molecule has 6 nitrogen and oxygen atoms in total. The third-order valence-corrected chi connectivity index (χ3v) is 3.96. The molecule has 0 atom stereocenters. The highest BCUT2D eigenvalue weighted by Gasteiger charge is 2.31. The van der Waals surface area contributed by atoms with Gasteiger partial charge in [0.25, 0.3) is 5.91 Å². The number of hydrogen-bond donors (Lipinski definition) is 2. The summed E-state index contributed by atoms with van der Waals surface area (Å²) in [6.45, 7) is 0. The van der Waals surface area contributed by atoms with Gasteiger partial charge in [-0.15, -0.1) is 0 Å².